The van der Waals surface area contributed by atoms with Gasteiger partial charge in [0.25, 0.3) is 5.91 Å². The molecule has 4 rings (SSSR count). The van der Waals surface area contributed by atoms with Crippen LogP contribution in [0, 0.1) is 11.6 Å². The Kier molecular flexibility index (Phi) is 6.13. The predicted octanol–water partition coefficient (Wildman–Crippen LogP) is 4.37. The lowest BCUT2D eigenvalue weighted by molar-refractivity contribution is 0.0576. The molecule has 2 heterocycles. The molecule has 0 radical (unpaired) electrons. The first-order valence-corrected chi connectivity index (χ1v) is 10.6. The second-order valence-electron chi connectivity index (χ2n) is 7.77. The van der Waals surface area contributed by atoms with Gasteiger partial charge >= 0.3 is 0 Å². The summed E-state index contributed by atoms with van der Waals surface area (Å²) in [5.41, 5.74) is 2.68. The molecule has 0 bridgehead atoms. The molecule has 1 aliphatic heterocycles. The third-order valence-corrected chi connectivity index (χ3v) is 5.95. The second kappa shape index (κ2) is 8.98. The van der Waals surface area contributed by atoms with Crippen LogP contribution in [0.4, 0.5) is 8.78 Å². The number of carbonyl (C=O) groups excluding carboxylic acids is 1. The first-order valence-electron chi connectivity index (χ1n) is 10.6. The van der Waals surface area contributed by atoms with E-state index in [9.17, 15) is 13.6 Å². The average molecular weight is 424 g/mol. The van der Waals surface area contributed by atoms with Gasteiger partial charge in [-0.25, -0.2) is 8.78 Å². The van der Waals surface area contributed by atoms with Gasteiger partial charge in [-0.1, -0.05) is 30.3 Å². The van der Waals surface area contributed by atoms with E-state index in [-0.39, 0.29) is 11.9 Å². The Balaban J connectivity index is 1.47. The normalized spacial score (nSPS) is 15.8. The second-order valence-corrected chi connectivity index (χ2v) is 7.77. The largest absolute Gasteiger partial charge is 0.335 e. The Bertz CT molecular complexity index is 1060. The van der Waals surface area contributed by atoms with Crippen LogP contribution >= 0.6 is 0 Å². The van der Waals surface area contributed by atoms with E-state index in [1.807, 2.05) is 30.0 Å². The standard InChI is InChI=1S/C24H26F2N4O/c1-3-30-23(19-9-10-20(25)21(26)15-19)16-22(27-30)24(31)29-13-11-28(12-14-29)17(2)18-7-5-4-6-8-18/h4-10,15-17H,3,11-14H2,1-2H3/t17-/m1/s1. The number of aryl methyl sites for hydroxylation is 1. The minimum Gasteiger partial charge on any atom is -0.335 e. The van der Waals surface area contributed by atoms with Crippen molar-refractivity contribution in [2.24, 2.45) is 0 Å². The number of aromatic nitrogens is 2. The number of hydrogen-bond donors (Lipinski definition) is 0. The lowest BCUT2D eigenvalue weighted by atomic mass is 10.1. The zero-order chi connectivity index (χ0) is 22.0. The molecule has 1 atom stereocenters. The number of benzene rings is 2. The van der Waals surface area contributed by atoms with Crippen LogP contribution in [0.25, 0.3) is 11.3 Å². The minimum atomic E-state index is -0.919. The van der Waals surface area contributed by atoms with Crippen molar-refractivity contribution in [2.45, 2.75) is 26.4 Å². The number of nitrogens with zero attached hydrogens (tertiary/aromatic N) is 4. The number of carbonyl (C=O) groups is 1. The highest BCUT2D eigenvalue weighted by atomic mass is 19.2. The summed E-state index contributed by atoms with van der Waals surface area (Å²) >= 11 is 0. The van der Waals surface area contributed by atoms with Gasteiger partial charge in [0.2, 0.25) is 0 Å². The van der Waals surface area contributed by atoms with Crippen molar-refractivity contribution < 1.29 is 13.6 Å². The average Bonchev–Trinajstić information content (AvgIpc) is 3.25. The monoisotopic (exact) mass is 424 g/mol. The van der Waals surface area contributed by atoms with Crippen molar-refractivity contribution in [3.63, 3.8) is 0 Å². The molecule has 1 aliphatic rings. The summed E-state index contributed by atoms with van der Waals surface area (Å²) in [5.74, 6) is -1.95. The fourth-order valence-electron chi connectivity index (χ4n) is 4.07. The lowest BCUT2D eigenvalue weighted by Gasteiger charge is -2.38. The van der Waals surface area contributed by atoms with E-state index >= 15 is 0 Å². The van der Waals surface area contributed by atoms with Crippen LogP contribution in [-0.2, 0) is 6.54 Å². The van der Waals surface area contributed by atoms with Gasteiger partial charge < -0.3 is 4.90 Å². The van der Waals surface area contributed by atoms with Crippen LogP contribution in [0.3, 0.4) is 0 Å². The molecular formula is C24H26F2N4O. The molecule has 1 amide bonds. The van der Waals surface area contributed by atoms with Crippen molar-refractivity contribution in [2.75, 3.05) is 26.2 Å². The third-order valence-electron chi connectivity index (χ3n) is 5.95. The molecule has 5 nitrogen and oxygen atoms in total. The van der Waals surface area contributed by atoms with E-state index < -0.39 is 11.6 Å². The summed E-state index contributed by atoms with van der Waals surface area (Å²) in [6, 6.07) is 16.0. The molecule has 0 spiro atoms. The zero-order valence-electron chi connectivity index (χ0n) is 17.8. The molecule has 7 heteroatoms. The van der Waals surface area contributed by atoms with Gasteiger partial charge in [0.1, 0.15) is 0 Å². The first-order chi connectivity index (χ1) is 15.0. The summed E-state index contributed by atoms with van der Waals surface area (Å²) in [4.78, 5) is 17.3. The van der Waals surface area contributed by atoms with Crippen molar-refractivity contribution in [3.05, 3.63) is 77.5 Å². The van der Waals surface area contributed by atoms with E-state index in [2.05, 4.69) is 29.1 Å². The Labute approximate surface area is 180 Å². The highest BCUT2D eigenvalue weighted by Gasteiger charge is 2.27. The number of rotatable bonds is 5. The van der Waals surface area contributed by atoms with Gasteiger partial charge in [-0.3, -0.25) is 14.4 Å². The van der Waals surface area contributed by atoms with Gasteiger partial charge in [0, 0.05) is 44.3 Å². The van der Waals surface area contributed by atoms with Crippen LogP contribution in [0.5, 0.6) is 0 Å². The Morgan fingerprint density at radius 2 is 1.71 bits per heavy atom. The third kappa shape index (κ3) is 4.37. The van der Waals surface area contributed by atoms with Gasteiger partial charge in [-0.05, 0) is 43.7 Å². The molecule has 0 aliphatic carbocycles. The number of piperazine rings is 1. The molecule has 0 N–H and O–H groups in total. The van der Waals surface area contributed by atoms with Crippen molar-refractivity contribution in [1.29, 1.82) is 0 Å². The molecule has 1 fully saturated rings. The smallest absolute Gasteiger partial charge is 0.274 e. The molecular weight excluding hydrogens is 398 g/mol. The minimum absolute atomic E-state index is 0.136. The predicted molar refractivity (Wildman–Crippen MR) is 116 cm³/mol. The van der Waals surface area contributed by atoms with Crippen LogP contribution in [0.15, 0.2) is 54.6 Å². The lowest BCUT2D eigenvalue weighted by Crippen LogP contribution is -2.49. The van der Waals surface area contributed by atoms with Crippen LogP contribution < -0.4 is 0 Å². The van der Waals surface area contributed by atoms with E-state index in [1.54, 1.807) is 10.7 Å². The van der Waals surface area contributed by atoms with Gasteiger partial charge in [0.05, 0.1) is 5.69 Å². The summed E-state index contributed by atoms with van der Waals surface area (Å²) in [5, 5.41) is 4.43. The van der Waals surface area contributed by atoms with E-state index in [4.69, 9.17) is 0 Å². The summed E-state index contributed by atoms with van der Waals surface area (Å²) < 4.78 is 28.7. The highest BCUT2D eigenvalue weighted by Crippen LogP contribution is 2.25. The topological polar surface area (TPSA) is 41.4 Å². The summed E-state index contributed by atoms with van der Waals surface area (Å²) in [6.07, 6.45) is 0. The van der Waals surface area contributed by atoms with Crippen LogP contribution in [0.2, 0.25) is 0 Å². The molecule has 2 aromatic carbocycles. The molecule has 1 aromatic heterocycles. The van der Waals surface area contributed by atoms with Crippen molar-refractivity contribution in [1.82, 2.24) is 19.6 Å². The molecule has 162 valence electrons. The van der Waals surface area contributed by atoms with Crippen LogP contribution in [0.1, 0.15) is 35.9 Å². The Hall–Kier alpha value is -3.06. The molecule has 0 unspecified atom stereocenters. The number of amides is 1. The quantitative estimate of drug-likeness (QED) is 0.611. The molecule has 0 saturated carbocycles. The Morgan fingerprint density at radius 1 is 1.00 bits per heavy atom. The fourth-order valence-corrected chi connectivity index (χ4v) is 4.07. The molecule has 1 saturated heterocycles. The van der Waals surface area contributed by atoms with Crippen LogP contribution in [-0.4, -0.2) is 51.7 Å². The van der Waals surface area contributed by atoms with Gasteiger partial charge in [0.15, 0.2) is 17.3 Å². The van der Waals surface area contributed by atoms with E-state index in [0.29, 0.717) is 36.6 Å². The first kappa shape index (κ1) is 21.2. The summed E-state index contributed by atoms with van der Waals surface area (Å²) in [6.45, 7) is 7.41. The SMILES string of the molecule is CCn1nc(C(=O)N2CCN([C@H](C)c3ccccc3)CC2)cc1-c1ccc(F)c(F)c1. The maximum Gasteiger partial charge on any atom is 0.274 e. The van der Waals surface area contributed by atoms with E-state index in [1.165, 1.54) is 11.6 Å². The maximum absolute atomic E-state index is 13.7. The summed E-state index contributed by atoms with van der Waals surface area (Å²) in [7, 11) is 0. The number of halogens is 2. The fraction of sp³-hybridized carbons (Fsp3) is 0.333. The molecule has 31 heavy (non-hydrogen) atoms. The molecule has 3 aromatic rings. The maximum atomic E-state index is 13.7. The number of hydrogen-bond acceptors (Lipinski definition) is 3. The Morgan fingerprint density at radius 3 is 2.35 bits per heavy atom. The van der Waals surface area contributed by atoms with Gasteiger partial charge in [-0.2, -0.15) is 5.10 Å². The van der Waals surface area contributed by atoms with Gasteiger partial charge in [-0.15, -0.1) is 0 Å². The van der Waals surface area contributed by atoms with Crippen molar-refractivity contribution in [3.8, 4) is 11.3 Å². The zero-order valence-corrected chi connectivity index (χ0v) is 17.8. The van der Waals surface area contributed by atoms with E-state index in [0.717, 1.165) is 25.2 Å². The highest BCUT2D eigenvalue weighted by molar-refractivity contribution is 5.93. The van der Waals surface area contributed by atoms with Crippen molar-refractivity contribution >= 4 is 5.91 Å².